The number of carbonyl (C=O) groups is 1. The number of aryl methyl sites for hydroxylation is 1. The standard InChI is InChI=1S/C14H20N2O2/c1-10-5-7-12(8-6-10)16-14(17)15-11(2)13-4-3-9-18-13/h5-8,11,13H,3-4,9H2,1-2H3,(H2,15,16,17)/t11-,13-/m0/s1. The average molecular weight is 248 g/mol. The number of anilines is 1. The van der Waals surface area contributed by atoms with Gasteiger partial charge in [0.15, 0.2) is 0 Å². The van der Waals surface area contributed by atoms with Gasteiger partial charge in [-0.05, 0) is 38.8 Å². The maximum atomic E-state index is 11.8. The van der Waals surface area contributed by atoms with Gasteiger partial charge in [-0.1, -0.05) is 17.7 Å². The minimum atomic E-state index is -0.179. The second-order valence-corrected chi connectivity index (χ2v) is 4.80. The van der Waals surface area contributed by atoms with Gasteiger partial charge in [0.1, 0.15) is 0 Å². The first kappa shape index (κ1) is 12.9. The van der Waals surface area contributed by atoms with Gasteiger partial charge in [-0.3, -0.25) is 0 Å². The van der Waals surface area contributed by atoms with E-state index in [0.29, 0.717) is 0 Å². The first-order valence-electron chi connectivity index (χ1n) is 6.41. The molecule has 1 aromatic carbocycles. The van der Waals surface area contributed by atoms with Crippen LogP contribution in [0.1, 0.15) is 25.3 Å². The normalized spacial score (nSPS) is 20.4. The van der Waals surface area contributed by atoms with Gasteiger partial charge in [0.25, 0.3) is 0 Å². The van der Waals surface area contributed by atoms with Crippen molar-refractivity contribution in [1.82, 2.24) is 5.32 Å². The van der Waals surface area contributed by atoms with Crippen LogP contribution in [-0.2, 0) is 4.74 Å². The highest BCUT2D eigenvalue weighted by Gasteiger charge is 2.23. The van der Waals surface area contributed by atoms with Crippen molar-refractivity contribution in [2.75, 3.05) is 11.9 Å². The molecule has 4 nitrogen and oxygen atoms in total. The number of nitrogens with one attached hydrogen (secondary N) is 2. The van der Waals surface area contributed by atoms with E-state index in [2.05, 4.69) is 10.6 Å². The lowest BCUT2D eigenvalue weighted by atomic mass is 10.1. The highest BCUT2D eigenvalue weighted by molar-refractivity contribution is 5.89. The lowest BCUT2D eigenvalue weighted by molar-refractivity contribution is 0.0868. The zero-order chi connectivity index (χ0) is 13.0. The molecule has 2 amide bonds. The Morgan fingerprint density at radius 2 is 2.11 bits per heavy atom. The fraction of sp³-hybridized carbons (Fsp3) is 0.500. The zero-order valence-electron chi connectivity index (χ0n) is 10.9. The lowest BCUT2D eigenvalue weighted by Crippen LogP contribution is -2.42. The molecule has 1 aliphatic rings. The number of amides is 2. The molecule has 4 heteroatoms. The van der Waals surface area contributed by atoms with E-state index in [4.69, 9.17) is 4.74 Å². The average Bonchev–Trinajstić information content (AvgIpc) is 2.85. The van der Waals surface area contributed by atoms with E-state index in [1.807, 2.05) is 38.1 Å². The van der Waals surface area contributed by atoms with Crippen molar-refractivity contribution in [2.24, 2.45) is 0 Å². The largest absolute Gasteiger partial charge is 0.376 e. The van der Waals surface area contributed by atoms with E-state index in [0.717, 1.165) is 25.1 Å². The van der Waals surface area contributed by atoms with Crippen molar-refractivity contribution in [1.29, 1.82) is 0 Å². The Balaban J connectivity index is 1.82. The van der Waals surface area contributed by atoms with Gasteiger partial charge >= 0.3 is 6.03 Å². The third kappa shape index (κ3) is 3.47. The predicted molar refractivity (Wildman–Crippen MR) is 71.8 cm³/mol. The van der Waals surface area contributed by atoms with E-state index in [9.17, 15) is 4.79 Å². The molecule has 1 aromatic rings. The topological polar surface area (TPSA) is 50.4 Å². The summed E-state index contributed by atoms with van der Waals surface area (Å²) < 4.78 is 5.54. The minimum absolute atomic E-state index is 0.0398. The molecule has 2 rings (SSSR count). The van der Waals surface area contributed by atoms with Crippen LogP contribution in [0.3, 0.4) is 0 Å². The summed E-state index contributed by atoms with van der Waals surface area (Å²) in [7, 11) is 0. The van der Waals surface area contributed by atoms with Crippen molar-refractivity contribution in [3.63, 3.8) is 0 Å². The van der Waals surface area contributed by atoms with Crippen molar-refractivity contribution < 1.29 is 9.53 Å². The van der Waals surface area contributed by atoms with Crippen LogP contribution in [0.5, 0.6) is 0 Å². The molecule has 0 aliphatic carbocycles. The van der Waals surface area contributed by atoms with Crippen LogP contribution >= 0.6 is 0 Å². The van der Waals surface area contributed by atoms with E-state index in [1.54, 1.807) is 0 Å². The van der Waals surface area contributed by atoms with Gasteiger partial charge in [0.05, 0.1) is 12.1 Å². The molecule has 98 valence electrons. The van der Waals surface area contributed by atoms with Crippen LogP contribution in [0.4, 0.5) is 10.5 Å². The quantitative estimate of drug-likeness (QED) is 0.864. The molecule has 1 saturated heterocycles. The fourth-order valence-electron chi connectivity index (χ4n) is 2.10. The minimum Gasteiger partial charge on any atom is -0.376 e. The maximum Gasteiger partial charge on any atom is 0.319 e. The second-order valence-electron chi connectivity index (χ2n) is 4.80. The third-order valence-corrected chi connectivity index (χ3v) is 3.19. The van der Waals surface area contributed by atoms with Crippen molar-refractivity contribution in [3.8, 4) is 0 Å². The van der Waals surface area contributed by atoms with E-state index >= 15 is 0 Å². The zero-order valence-corrected chi connectivity index (χ0v) is 10.9. The number of rotatable bonds is 3. The summed E-state index contributed by atoms with van der Waals surface area (Å²) in [5.74, 6) is 0. The Hall–Kier alpha value is -1.55. The molecular weight excluding hydrogens is 228 g/mol. The number of ether oxygens (including phenoxy) is 1. The van der Waals surface area contributed by atoms with E-state index in [-0.39, 0.29) is 18.2 Å². The summed E-state index contributed by atoms with van der Waals surface area (Å²) in [6, 6.07) is 7.59. The fourth-order valence-corrected chi connectivity index (χ4v) is 2.10. The Kier molecular flexibility index (Phi) is 4.20. The molecule has 1 fully saturated rings. The van der Waals surface area contributed by atoms with Gasteiger partial charge < -0.3 is 15.4 Å². The molecule has 1 aliphatic heterocycles. The van der Waals surface area contributed by atoms with Crippen LogP contribution in [0, 0.1) is 6.92 Å². The maximum absolute atomic E-state index is 11.8. The van der Waals surface area contributed by atoms with Gasteiger partial charge in [-0.2, -0.15) is 0 Å². The molecule has 0 saturated carbocycles. The number of urea groups is 1. The number of benzene rings is 1. The number of hydrogen-bond donors (Lipinski definition) is 2. The highest BCUT2D eigenvalue weighted by Crippen LogP contribution is 2.15. The van der Waals surface area contributed by atoms with Crippen LogP contribution < -0.4 is 10.6 Å². The smallest absolute Gasteiger partial charge is 0.319 e. The molecule has 1 heterocycles. The summed E-state index contributed by atoms with van der Waals surface area (Å²) in [5, 5.41) is 5.73. The first-order chi connectivity index (χ1) is 8.65. The second kappa shape index (κ2) is 5.87. The third-order valence-electron chi connectivity index (χ3n) is 3.19. The molecule has 0 aromatic heterocycles. The van der Waals surface area contributed by atoms with Crippen LogP contribution in [0.15, 0.2) is 24.3 Å². The number of carbonyl (C=O) groups excluding carboxylic acids is 1. The molecule has 2 N–H and O–H groups in total. The van der Waals surface area contributed by atoms with Crippen LogP contribution in [0.25, 0.3) is 0 Å². The molecule has 0 radical (unpaired) electrons. The summed E-state index contributed by atoms with van der Waals surface area (Å²) in [5.41, 5.74) is 1.98. The number of hydrogen-bond acceptors (Lipinski definition) is 2. The van der Waals surface area contributed by atoms with Crippen molar-refractivity contribution >= 4 is 11.7 Å². The van der Waals surface area contributed by atoms with Crippen LogP contribution in [0.2, 0.25) is 0 Å². The summed E-state index contributed by atoms with van der Waals surface area (Å²) in [6.45, 7) is 4.80. The van der Waals surface area contributed by atoms with E-state index < -0.39 is 0 Å². The lowest BCUT2D eigenvalue weighted by Gasteiger charge is -2.20. The van der Waals surface area contributed by atoms with E-state index in [1.165, 1.54) is 5.56 Å². The van der Waals surface area contributed by atoms with Gasteiger partial charge in [0.2, 0.25) is 0 Å². The summed E-state index contributed by atoms with van der Waals surface area (Å²) in [4.78, 5) is 11.8. The molecule has 18 heavy (non-hydrogen) atoms. The summed E-state index contributed by atoms with van der Waals surface area (Å²) >= 11 is 0. The Labute approximate surface area is 108 Å². The molecule has 0 spiro atoms. The molecule has 0 unspecified atom stereocenters. The van der Waals surface area contributed by atoms with Gasteiger partial charge in [0, 0.05) is 12.3 Å². The molecular formula is C14H20N2O2. The van der Waals surface area contributed by atoms with Gasteiger partial charge in [-0.15, -0.1) is 0 Å². The molecule has 2 atom stereocenters. The first-order valence-corrected chi connectivity index (χ1v) is 6.41. The summed E-state index contributed by atoms with van der Waals surface area (Å²) in [6.07, 6.45) is 2.25. The van der Waals surface area contributed by atoms with Gasteiger partial charge in [-0.25, -0.2) is 4.79 Å². The Morgan fingerprint density at radius 3 is 2.72 bits per heavy atom. The predicted octanol–water partition coefficient (Wildman–Crippen LogP) is 2.68. The van der Waals surface area contributed by atoms with Crippen molar-refractivity contribution in [2.45, 2.75) is 38.8 Å². The Bertz CT molecular complexity index is 397. The molecule has 0 bridgehead atoms. The SMILES string of the molecule is Cc1ccc(NC(=O)N[C@@H](C)[C@@H]2CCCO2)cc1. The Morgan fingerprint density at radius 1 is 1.39 bits per heavy atom. The van der Waals surface area contributed by atoms with Crippen LogP contribution in [-0.4, -0.2) is 24.8 Å². The highest BCUT2D eigenvalue weighted by atomic mass is 16.5. The monoisotopic (exact) mass is 248 g/mol. The van der Waals surface area contributed by atoms with Crippen molar-refractivity contribution in [3.05, 3.63) is 29.8 Å².